The molecular weight excluding hydrogens is 148 g/mol. The zero-order valence-corrected chi connectivity index (χ0v) is 7.88. The van der Waals surface area contributed by atoms with E-state index in [0.717, 1.165) is 11.8 Å². The molecule has 2 aliphatic heterocycles. The van der Waals surface area contributed by atoms with Crippen LogP contribution in [0.2, 0.25) is 0 Å². The second-order valence-electron chi connectivity index (χ2n) is 5.12. The Hall–Kier alpha value is -0.0400. The first kappa shape index (κ1) is 7.37. The fourth-order valence-corrected chi connectivity index (χ4v) is 3.89. The average molecular weight is 166 g/mol. The Bertz CT molecular complexity index is 162. The number of ether oxygens (including phenoxy) is 1. The first-order valence-electron chi connectivity index (χ1n) is 5.47. The van der Waals surface area contributed by atoms with Crippen molar-refractivity contribution < 1.29 is 4.74 Å². The molecule has 2 aliphatic carbocycles. The van der Waals surface area contributed by atoms with Gasteiger partial charge >= 0.3 is 0 Å². The molecule has 0 amide bonds. The summed E-state index contributed by atoms with van der Waals surface area (Å²) in [5.41, 5.74) is 0.342. The van der Waals surface area contributed by atoms with Crippen molar-refractivity contribution in [3.05, 3.63) is 0 Å². The van der Waals surface area contributed by atoms with Crippen molar-refractivity contribution in [2.75, 3.05) is 0 Å². The van der Waals surface area contributed by atoms with Gasteiger partial charge in [0.2, 0.25) is 0 Å². The van der Waals surface area contributed by atoms with Gasteiger partial charge in [-0.05, 0) is 50.4 Å². The van der Waals surface area contributed by atoms with Crippen molar-refractivity contribution in [1.82, 2.24) is 0 Å². The van der Waals surface area contributed by atoms with E-state index in [1.807, 2.05) is 0 Å². The molecule has 4 fully saturated rings. The van der Waals surface area contributed by atoms with Crippen molar-refractivity contribution in [2.24, 2.45) is 11.8 Å². The van der Waals surface area contributed by atoms with Crippen LogP contribution in [0, 0.1) is 11.8 Å². The van der Waals surface area contributed by atoms with Gasteiger partial charge in [-0.25, -0.2) is 0 Å². The van der Waals surface area contributed by atoms with Crippen LogP contribution in [0.15, 0.2) is 0 Å². The zero-order valence-electron chi connectivity index (χ0n) is 7.88. The van der Waals surface area contributed by atoms with E-state index in [-0.39, 0.29) is 0 Å². The van der Waals surface area contributed by atoms with E-state index in [2.05, 4.69) is 6.92 Å². The van der Waals surface area contributed by atoms with Crippen LogP contribution < -0.4 is 0 Å². The van der Waals surface area contributed by atoms with Crippen molar-refractivity contribution in [2.45, 2.75) is 57.2 Å². The van der Waals surface area contributed by atoms with E-state index in [1.165, 1.54) is 38.5 Å². The average Bonchev–Trinajstić information content (AvgIpc) is 2.02. The van der Waals surface area contributed by atoms with E-state index in [4.69, 9.17) is 4.74 Å². The van der Waals surface area contributed by atoms with Gasteiger partial charge < -0.3 is 4.74 Å². The van der Waals surface area contributed by atoms with Crippen LogP contribution in [0.4, 0.5) is 0 Å². The lowest BCUT2D eigenvalue weighted by Crippen LogP contribution is -2.54. The summed E-state index contributed by atoms with van der Waals surface area (Å²) in [5.74, 6) is 2.05. The second kappa shape index (κ2) is 2.25. The molecule has 0 aromatic carbocycles. The fraction of sp³-hybridized carbons (Fsp3) is 1.00. The molecule has 2 atom stereocenters. The minimum atomic E-state index is 0.342. The lowest BCUT2D eigenvalue weighted by molar-refractivity contribution is -0.220. The highest BCUT2D eigenvalue weighted by Gasteiger charge is 2.50. The Morgan fingerprint density at radius 3 is 2.33 bits per heavy atom. The number of hydrogen-bond acceptors (Lipinski definition) is 1. The molecule has 4 bridgehead atoms. The molecule has 1 nitrogen and oxygen atoms in total. The van der Waals surface area contributed by atoms with Gasteiger partial charge in [-0.15, -0.1) is 0 Å². The summed E-state index contributed by atoms with van der Waals surface area (Å²) in [5, 5.41) is 0. The van der Waals surface area contributed by atoms with Crippen LogP contribution in [-0.4, -0.2) is 11.7 Å². The minimum absolute atomic E-state index is 0.342. The second-order valence-corrected chi connectivity index (χ2v) is 5.12. The molecule has 0 aromatic rings. The molecule has 0 N–H and O–H groups in total. The first-order valence-corrected chi connectivity index (χ1v) is 5.47. The summed E-state index contributed by atoms with van der Waals surface area (Å²) < 4.78 is 6.16. The SMILES string of the molecule is CCC12CC3CC(CC(C3)O1)C2. The lowest BCUT2D eigenvalue weighted by Gasteiger charge is -2.56. The summed E-state index contributed by atoms with van der Waals surface area (Å²) in [4.78, 5) is 0. The number of hydrogen-bond donors (Lipinski definition) is 0. The Balaban J connectivity index is 1.90. The van der Waals surface area contributed by atoms with E-state index in [0.29, 0.717) is 11.7 Å². The maximum absolute atomic E-state index is 6.16. The van der Waals surface area contributed by atoms with Crippen LogP contribution in [0.1, 0.15) is 45.4 Å². The lowest BCUT2D eigenvalue weighted by atomic mass is 9.61. The molecule has 4 rings (SSSR count). The standard InChI is InChI=1S/C11H18O/c1-2-11-6-8-3-9(7-11)5-10(4-8)12-11/h8-10H,2-7H2,1H3. The van der Waals surface area contributed by atoms with Crippen LogP contribution >= 0.6 is 0 Å². The summed E-state index contributed by atoms with van der Waals surface area (Å²) in [7, 11) is 0. The Morgan fingerprint density at radius 1 is 1.17 bits per heavy atom. The third-order valence-corrected chi connectivity index (χ3v) is 4.24. The molecule has 2 heterocycles. The predicted molar refractivity (Wildman–Crippen MR) is 48.0 cm³/mol. The van der Waals surface area contributed by atoms with Gasteiger partial charge in [-0.1, -0.05) is 6.92 Å². The van der Waals surface area contributed by atoms with Crippen molar-refractivity contribution in [3.63, 3.8) is 0 Å². The summed E-state index contributed by atoms with van der Waals surface area (Å²) in [6.45, 7) is 2.30. The number of rotatable bonds is 1. The van der Waals surface area contributed by atoms with Crippen LogP contribution in [0.5, 0.6) is 0 Å². The molecule has 68 valence electrons. The third-order valence-electron chi connectivity index (χ3n) is 4.24. The van der Waals surface area contributed by atoms with E-state index in [9.17, 15) is 0 Å². The summed E-state index contributed by atoms with van der Waals surface area (Å²) in [6.07, 6.45) is 8.90. The van der Waals surface area contributed by atoms with Gasteiger partial charge in [0.25, 0.3) is 0 Å². The van der Waals surface area contributed by atoms with Gasteiger partial charge in [0.1, 0.15) is 0 Å². The van der Waals surface area contributed by atoms with Gasteiger partial charge in [-0.2, -0.15) is 0 Å². The maximum atomic E-state index is 6.16. The molecule has 2 saturated heterocycles. The molecule has 0 spiro atoms. The molecular formula is C11H18O. The van der Waals surface area contributed by atoms with Crippen molar-refractivity contribution >= 4 is 0 Å². The van der Waals surface area contributed by atoms with Gasteiger partial charge in [-0.3, -0.25) is 0 Å². The molecule has 0 radical (unpaired) electrons. The van der Waals surface area contributed by atoms with Crippen molar-refractivity contribution in [3.8, 4) is 0 Å². The minimum Gasteiger partial charge on any atom is -0.372 e. The normalized spacial score (nSPS) is 56.2. The molecule has 2 saturated carbocycles. The highest BCUT2D eigenvalue weighted by molar-refractivity contribution is 5.01. The summed E-state index contributed by atoms with van der Waals surface area (Å²) in [6, 6.07) is 0. The molecule has 12 heavy (non-hydrogen) atoms. The van der Waals surface area contributed by atoms with Crippen LogP contribution in [-0.2, 0) is 4.74 Å². The highest BCUT2D eigenvalue weighted by atomic mass is 16.5. The Labute approximate surface area is 74.5 Å². The highest BCUT2D eigenvalue weighted by Crippen LogP contribution is 2.54. The molecule has 2 unspecified atom stereocenters. The first-order chi connectivity index (χ1) is 5.80. The molecule has 1 heteroatoms. The van der Waals surface area contributed by atoms with Gasteiger partial charge in [0, 0.05) is 0 Å². The van der Waals surface area contributed by atoms with Crippen LogP contribution in [0.25, 0.3) is 0 Å². The summed E-state index contributed by atoms with van der Waals surface area (Å²) >= 11 is 0. The zero-order chi connectivity index (χ0) is 8.18. The monoisotopic (exact) mass is 166 g/mol. The molecule has 0 aromatic heterocycles. The van der Waals surface area contributed by atoms with E-state index < -0.39 is 0 Å². The smallest absolute Gasteiger partial charge is 0.0689 e. The Kier molecular flexibility index (Phi) is 1.39. The largest absolute Gasteiger partial charge is 0.372 e. The predicted octanol–water partition coefficient (Wildman–Crippen LogP) is 2.74. The van der Waals surface area contributed by atoms with Crippen molar-refractivity contribution in [1.29, 1.82) is 0 Å². The van der Waals surface area contributed by atoms with E-state index >= 15 is 0 Å². The topological polar surface area (TPSA) is 9.23 Å². The third kappa shape index (κ3) is 0.891. The fourth-order valence-electron chi connectivity index (χ4n) is 3.89. The van der Waals surface area contributed by atoms with Gasteiger partial charge in [0.05, 0.1) is 11.7 Å². The molecule has 4 aliphatic rings. The van der Waals surface area contributed by atoms with Crippen LogP contribution in [0.3, 0.4) is 0 Å². The quantitative estimate of drug-likeness (QED) is 0.582. The van der Waals surface area contributed by atoms with Gasteiger partial charge in [0.15, 0.2) is 0 Å². The van der Waals surface area contributed by atoms with E-state index in [1.54, 1.807) is 0 Å². The maximum Gasteiger partial charge on any atom is 0.0689 e. The Morgan fingerprint density at radius 2 is 1.83 bits per heavy atom.